The number of aromatic nitrogens is 2. The van der Waals surface area contributed by atoms with Crippen molar-refractivity contribution >= 4 is 33.1 Å². The van der Waals surface area contributed by atoms with Crippen LogP contribution >= 0.6 is 11.3 Å². The molecule has 2 aromatic rings. The summed E-state index contributed by atoms with van der Waals surface area (Å²) in [5.74, 6) is 0.247. The summed E-state index contributed by atoms with van der Waals surface area (Å²) in [7, 11) is -3.63. The molecule has 1 fully saturated rings. The summed E-state index contributed by atoms with van der Waals surface area (Å²) < 4.78 is 27.4. The fourth-order valence-electron chi connectivity index (χ4n) is 4.16. The number of hydrogen-bond acceptors (Lipinski definition) is 7. The van der Waals surface area contributed by atoms with Gasteiger partial charge < -0.3 is 11.1 Å². The molecule has 1 saturated heterocycles. The largest absolute Gasteiger partial charge is 0.370 e. The summed E-state index contributed by atoms with van der Waals surface area (Å²) in [5.41, 5.74) is 7.16. The van der Waals surface area contributed by atoms with E-state index in [9.17, 15) is 13.2 Å². The van der Waals surface area contributed by atoms with Crippen LogP contribution < -0.4 is 11.1 Å². The number of primary amides is 1. The number of aryl methyl sites for hydroxylation is 3. The van der Waals surface area contributed by atoms with Gasteiger partial charge in [0.25, 0.3) is 0 Å². The number of thiazole rings is 1. The number of amides is 1. The molecule has 0 aromatic carbocycles. The van der Waals surface area contributed by atoms with Gasteiger partial charge in [-0.25, -0.2) is 18.4 Å². The van der Waals surface area contributed by atoms with Gasteiger partial charge in [-0.1, -0.05) is 0 Å². The first-order chi connectivity index (χ1) is 14.3. The molecule has 162 valence electrons. The van der Waals surface area contributed by atoms with Crippen LogP contribution in [-0.2, 0) is 34.1 Å². The predicted octanol–water partition coefficient (Wildman–Crippen LogP) is 1.88. The average Bonchev–Trinajstić information content (AvgIpc) is 3.37. The number of nitrogens with two attached hydrogens (primary N) is 1. The summed E-state index contributed by atoms with van der Waals surface area (Å²) >= 11 is 1.80. The smallest absolute Gasteiger partial charge is 0.244 e. The van der Waals surface area contributed by atoms with Crippen molar-refractivity contribution in [3.05, 3.63) is 33.4 Å². The molecule has 1 atom stereocenters. The van der Waals surface area contributed by atoms with E-state index in [-0.39, 0.29) is 17.2 Å². The second-order valence-electron chi connectivity index (χ2n) is 8.03. The van der Waals surface area contributed by atoms with E-state index in [4.69, 9.17) is 10.7 Å². The molecule has 3 heterocycles. The second-order valence-corrected chi connectivity index (χ2v) is 11.1. The maximum atomic E-state index is 13.0. The molecule has 8 nitrogen and oxygen atoms in total. The monoisotopic (exact) mass is 449 g/mol. The van der Waals surface area contributed by atoms with E-state index >= 15 is 0 Å². The summed E-state index contributed by atoms with van der Waals surface area (Å²) in [6, 6.07) is 1.77. The van der Waals surface area contributed by atoms with Crippen LogP contribution in [0.25, 0.3) is 0 Å². The third-order valence-corrected chi connectivity index (χ3v) is 8.92. The lowest BCUT2D eigenvalue weighted by Crippen LogP contribution is -2.30. The Morgan fingerprint density at radius 1 is 1.40 bits per heavy atom. The molecular weight excluding hydrogens is 422 g/mol. The zero-order chi connectivity index (χ0) is 21.3. The number of sulfonamides is 1. The molecular formula is C20H27N5O3S2. The first-order valence-electron chi connectivity index (χ1n) is 10.3. The summed E-state index contributed by atoms with van der Waals surface area (Å²) in [4.78, 5) is 21.8. The van der Waals surface area contributed by atoms with E-state index in [1.807, 2.05) is 0 Å². The highest BCUT2D eigenvalue weighted by Gasteiger charge is 2.34. The molecule has 2 aromatic heterocycles. The third kappa shape index (κ3) is 4.50. The Kier molecular flexibility index (Phi) is 6.08. The lowest BCUT2D eigenvalue weighted by molar-refractivity contribution is -0.118. The number of anilines is 1. The van der Waals surface area contributed by atoms with Crippen LogP contribution in [0.15, 0.2) is 17.2 Å². The molecule has 30 heavy (non-hydrogen) atoms. The van der Waals surface area contributed by atoms with E-state index in [0.717, 1.165) is 24.3 Å². The number of carbonyl (C=O) groups excluding carboxylic acids is 1. The molecule has 1 aliphatic heterocycles. The molecule has 3 N–H and O–H groups in total. The van der Waals surface area contributed by atoms with E-state index in [1.54, 1.807) is 24.3 Å². The van der Waals surface area contributed by atoms with E-state index in [2.05, 4.69) is 10.3 Å². The van der Waals surface area contributed by atoms with Crippen molar-refractivity contribution in [3.63, 3.8) is 0 Å². The van der Waals surface area contributed by atoms with Crippen LogP contribution in [0.2, 0.25) is 0 Å². The molecule has 10 heteroatoms. The Hall–Kier alpha value is -2.04. The summed E-state index contributed by atoms with van der Waals surface area (Å²) in [6.07, 6.45) is 6.57. The Bertz CT molecular complexity index is 1030. The van der Waals surface area contributed by atoms with E-state index < -0.39 is 15.9 Å². The predicted molar refractivity (Wildman–Crippen MR) is 116 cm³/mol. The van der Waals surface area contributed by atoms with E-state index in [1.165, 1.54) is 27.5 Å². The highest BCUT2D eigenvalue weighted by atomic mass is 32.2. The number of hydrogen-bond donors (Lipinski definition) is 2. The Balaban J connectivity index is 1.36. The zero-order valence-electron chi connectivity index (χ0n) is 17.1. The standard InChI is InChI=1S/C20H27N5O3S2/c1-13-9-19(22-7-5-20-24-15-3-2-4-16(15)29-20)23-11-17(13)30(27,28)25-8-6-14(12-25)10-18(21)26/h9,11,14H,2-8,10,12H2,1H3,(H2,21,26)(H,22,23). The number of rotatable bonds is 8. The van der Waals surface area contributed by atoms with Crippen LogP contribution in [0, 0.1) is 12.8 Å². The lowest BCUT2D eigenvalue weighted by atomic mass is 10.1. The molecule has 2 aliphatic rings. The van der Waals surface area contributed by atoms with Crippen molar-refractivity contribution in [2.45, 2.75) is 50.3 Å². The van der Waals surface area contributed by atoms with Crippen molar-refractivity contribution in [2.75, 3.05) is 25.0 Å². The fraction of sp³-hybridized carbons (Fsp3) is 0.550. The Morgan fingerprint density at radius 2 is 2.23 bits per heavy atom. The normalized spacial score (nSPS) is 19.2. The lowest BCUT2D eigenvalue weighted by Gasteiger charge is -2.18. The minimum absolute atomic E-state index is 0.0151. The number of pyridine rings is 1. The molecule has 1 aliphatic carbocycles. The second kappa shape index (κ2) is 8.60. The van der Waals surface area contributed by atoms with Crippen molar-refractivity contribution in [2.24, 2.45) is 11.7 Å². The van der Waals surface area contributed by atoms with Gasteiger partial charge in [0.2, 0.25) is 15.9 Å². The van der Waals surface area contributed by atoms with Gasteiger partial charge in [-0.15, -0.1) is 11.3 Å². The quantitative estimate of drug-likeness (QED) is 0.635. The number of nitrogens with one attached hydrogen (secondary N) is 1. The Labute approximate surface area is 181 Å². The minimum atomic E-state index is -3.63. The molecule has 4 rings (SSSR count). The maximum absolute atomic E-state index is 13.0. The molecule has 0 saturated carbocycles. The first-order valence-corrected chi connectivity index (χ1v) is 12.5. The molecule has 0 radical (unpaired) electrons. The topological polar surface area (TPSA) is 118 Å². The van der Waals surface area contributed by atoms with Gasteiger partial charge >= 0.3 is 0 Å². The van der Waals surface area contributed by atoms with Gasteiger partial charge in [0.15, 0.2) is 0 Å². The first kappa shape index (κ1) is 21.2. The highest BCUT2D eigenvalue weighted by Crippen LogP contribution is 2.29. The third-order valence-electron chi connectivity index (χ3n) is 5.70. The van der Waals surface area contributed by atoms with Gasteiger partial charge in [-0.3, -0.25) is 4.79 Å². The molecule has 1 unspecified atom stereocenters. The highest BCUT2D eigenvalue weighted by molar-refractivity contribution is 7.89. The number of nitrogens with zero attached hydrogens (tertiary/aromatic N) is 3. The fourth-order valence-corrected chi connectivity index (χ4v) is 7.00. The number of fused-ring (bicyclic) bond motifs is 1. The Morgan fingerprint density at radius 3 is 2.97 bits per heavy atom. The van der Waals surface area contributed by atoms with Crippen LogP contribution in [0.3, 0.4) is 0 Å². The summed E-state index contributed by atoms with van der Waals surface area (Å²) in [6.45, 7) is 3.20. The van der Waals surface area contributed by atoms with Gasteiger partial charge in [0, 0.05) is 43.5 Å². The molecule has 0 spiro atoms. The van der Waals surface area contributed by atoms with Crippen molar-refractivity contribution in [3.8, 4) is 0 Å². The maximum Gasteiger partial charge on any atom is 0.244 e. The van der Waals surface area contributed by atoms with Gasteiger partial charge in [0.1, 0.15) is 10.7 Å². The van der Waals surface area contributed by atoms with E-state index in [0.29, 0.717) is 37.4 Å². The van der Waals surface area contributed by atoms with Crippen LogP contribution in [-0.4, -0.2) is 48.2 Å². The van der Waals surface area contributed by atoms with Gasteiger partial charge in [-0.2, -0.15) is 4.31 Å². The SMILES string of the molecule is Cc1cc(NCCc2nc3c(s2)CCC3)ncc1S(=O)(=O)N1CCC(CC(N)=O)C1. The minimum Gasteiger partial charge on any atom is -0.370 e. The summed E-state index contributed by atoms with van der Waals surface area (Å²) in [5, 5.41) is 4.41. The molecule has 1 amide bonds. The average molecular weight is 450 g/mol. The van der Waals surface area contributed by atoms with Crippen molar-refractivity contribution in [1.29, 1.82) is 0 Å². The molecule has 0 bridgehead atoms. The van der Waals surface area contributed by atoms with Crippen molar-refractivity contribution in [1.82, 2.24) is 14.3 Å². The van der Waals surface area contributed by atoms with Gasteiger partial charge in [-0.05, 0) is 50.2 Å². The van der Waals surface area contributed by atoms with Crippen LogP contribution in [0.1, 0.15) is 40.4 Å². The van der Waals surface area contributed by atoms with Crippen LogP contribution in [0.4, 0.5) is 5.82 Å². The van der Waals surface area contributed by atoms with Crippen LogP contribution in [0.5, 0.6) is 0 Å². The zero-order valence-corrected chi connectivity index (χ0v) is 18.7. The number of carbonyl (C=O) groups is 1. The van der Waals surface area contributed by atoms with Gasteiger partial charge in [0.05, 0.1) is 10.7 Å². The van der Waals surface area contributed by atoms with Crippen molar-refractivity contribution < 1.29 is 13.2 Å².